The fourth-order valence-electron chi connectivity index (χ4n) is 2.65. The number of hydrogen-bond acceptors (Lipinski definition) is 4. The van der Waals surface area contributed by atoms with Crippen LogP contribution in [0.4, 0.5) is 0 Å². The van der Waals surface area contributed by atoms with E-state index < -0.39 is 6.10 Å². The zero-order valence-electron chi connectivity index (χ0n) is 14.3. The third-order valence-corrected chi connectivity index (χ3v) is 4.24. The van der Waals surface area contributed by atoms with E-state index in [4.69, 9.17) is 21.1 Å². The average molecular weight is 350 g/mol. The Morgan fingerprint density at radius 2 is 1.79 bits per heavy atom. The number of aliphatic hydroxyl groups excluding tert-OH is 1. The first kappa shape index (κ1) is 18.6. The molecule has 24 heavy (non-hydrogen) atoms. The lowest BCUT2D eigenvalue weighted by Gasteiger charge is -2.21. The van der Waals surface area contributed by atoms with Gasteiger partial charge in [-0.1, -0.05) is 36.7 Å². The van der Waals surface area contributed by atoms with Gasteiger partial charge in [0.15, 0.2) is 11.5 Å². The Morgan fingerprint density at radius 1 is 1.04 bits per heavy atom. The molecule has 0 radical (unpaired) electrons. The minimum Gasteiger partial charge on any atom is -0.493 e. The van der Waals surface area contributed by atoms with Crippen molar-refractivity contribution in [1.29, 1.82) is 0 Å². The summed E-state index contributed by atoms with van der Waals surface area (Å²) in [5.74, 6) is 1.40. The molecule has 0 aliphatic rings. The molecule has 0 fully saturated rings. The van der Waals surface area contributed by atoms with Gasteiger partial charge >= 0.3 is 0 Å². The van der Waals surface area contributed by atoms with Crippen LogP contribution in [-0.4, -0.2) is 25.9 Å². The summed E-state index contributed by atoms with van der Waals surface area (Å²) in [6.45, 7) is 2.54. The van der Waals surface area contributed by atoms with Crippen LogP contribution in [-0.2, 0) is 0 Å². The Hall–Kier alpha value is -1.75. The molecule has 0 amide bonds. The molecule has 2 unspecified atom stereocenters. The van der Waals surface area contributed by atoms with E-state index >= 15 is 0 Å². The second-order valence-electron chi connectivity index (χ2n) is 5.55. The van der Waals surface area contributed by atoms with Crippen LogP contribution in [0, 0.1) is 0 Å². The van der Waals surface area contributed by atoms with Crippen LogP contribution in [0.3, 0.4) is 0 Å². The average Bonchev–Trinajstić information content (AvgIpc) is 2.61. The van der Waals surface area contributed by atoms with E-state index in [1.165, 1.54) is 0 Å². The highest BCUT2D eigenvalue weighted by atomic mass is 35.5. The first-order valence-corrected chi connectivity index (χ1v) is 8.35. The van der Waals surface area contributed by atoms with Crippen molar-refractivity contribution in [2.75, 3.05) is 20.8 Å². The number of methoxy groups -OCH3 is 2. The summed E-state index contributed by atoms with van der Waals surface area (Å²) in [7, 11) is 3.24. The molecule has 2 atom stereocenters. The quantitative estimate of drug-likeness (QED) is 0.752. The molecule has 0 aliphatic heterocycles. The van der Waals surface area contributed by atoms with Gasteiger partial charge in [-0.2, -0.15) is 0 Å². The van der Waals surface area contributed by atoms with Crippen molar-refractivity contribution in [1.82, 2.24) is 5.32 Å². The molecule has 0 saturated carbocycles. The predicted octanol–water partition coefficient (Wildman–Crippen LogP) is 4.13. The number of benzene rings is 2. The maximum atomic E-state index is 10.4. The molecule has 0 heterocycles. The van der Waals surface area contributed by atoms with Crippen LogP contribution in [0.2, 0.25) is 5.02 Å². The molecule has 0 saturated heterocycles. The molecule has 0 spiro atoms. The van der Waals surface area contributed by atoms with Crippen molar-refractivity contribution in [2.45, 2.75) is 25.5 Å². The van der Waals surface area contributed by atoms with E-state index in [0.29, 0.717) is 23.1 Å². The highest BCUT2D eigenvalue weighted by Gasteiger charge is 2.15. The normalized spacial score (nSPS) is 13.4. The van der Waals surface area contributed by atoms with E-state index in [0.717, 1.165) is 17.5 Å². The van der Waals surface area contributed by atoms with Crippen molar-refractivity contribution < 1.29 is 14.6 Å². The van der Waals surface area contributed by atoms with E-state index in [1.54, 1.807) is 26.4 Å². The largest absolute Gasteiger partial charge is 0.493 e. The standard InChI is InChI=1S/C19H24ClNO3/c1-4-16(13-8-9-18(23-2)19(11-13)24-3)21-12-17(22)14-6-5-7-15(20)10-14/h5-11,16-17,21-22H,4,12H2,1-3H3. The third-order valence-electron chi connectivity index (χ3n) is 4.01. The maximum Gasteiger partial charge on any atom is 0.161 e. The van der Waals surface area contributed by atoms with Gasteiger partial charge in [-0.3, -0.25) is 0 Å². The number of rotatable bonds is 8. The van der Waals surface area contributed by atoms with Gasteiger partial charge in [-0.15, -0.1) is 0 Å². The number of halogens is 1. The molecule has 5 heteroatoms. The summed E-state index contributed by atoms with van der Waals surface area (Å²) in [4.78, 5) is 0. The van der Waals surface area contributed by atoms with Crippen LogP contribution in [0.1, 0.15) is 36.6 Å². The Kier molecular flexibility index (Phi) is 6.91. The molecule has 2 aromatic carbocycles. The van der Waals surface area contributed by atoms with E-state index in [9.17, 15) is 5.11 Å². The fourth-order valence-corrected chi connectivity index (χ4v) is 2.85. The van der Waals surface area contributed by atoms with Gasteiger partial charge in [-0.05, 0) is 41.8 Å². The summed E-state index contributed by atoms with van der Waals surface area (Å²) in [6.07, 6.45) is 0.274. The summed E-state index contributed by atoms with van der Waals surface area (Å²) < 4.78 is 10.6. The molecule has 4 nitrogen and oxygen atoms in total. The molecule has 2 aromatic rings. The number of aliphatic hydroxyl groups is 1. The zero-order valence-corrected chi connectivity index (χ0v) is 15.0. The summed E-state index contributed by atoms with van der Waals surface area (Å²) in [6, 6.07) is 13.3. The van der Waals surface area contributed by atoms with Gasteiger partial charge in [0, 0.05) is 17.6 Å². The van der Waals surface area contributed by atoms with Crippen LogP contribution in [0.15, 0.2) is 42.5 Å². The lowest BCUT2D eigenvalue weighted by atomic mass is 10.0. The van der Waals surface area contributed by atoms with Gasteiger partial charge in [0.05, 0.1) is 20.3 Å². The Balaban J connectivity index is 2.06. The second kappa shape index (κ2) is 8.92. The minimum absolute atomic E-state index is 0.110. The summed E-state index contributed by atoms with van der Waals surface area (Å²) in [5.41, 5.74) is 1.89. The zero-order chi connectivity index (χ0) is 17.5. The smallest absolute Gasteiger partial charge is 0.161 e. The second-order valence-corrected chi connectivity index (χ2v) is 5.99. The first-order chi connectivity index (χ1) is 11.6. The van der Waals surface area contributed by atoms with Crippen molar-refractivity contribution in [3.8, 4) is 11.5 Å². The monoisotopic (exact) mass is 349 g/mol. The summed E-state index contributed by atoms with van der Waals surface area (Å²) >= 11 is 5.98. The number of hydrogen-bond donors (Lipinski definition) is 2. The molecular formula is C19H24ClNO3. The first-order valence-electron chi connectivity index (χ1n) is 7.97. The van der Waals surface area contributed by atoms with Gasteiger partial charge in [-0.25, -0.2) is 0 Å². The van der Waals surface area contributed by atoms with Crippen LogP contribution < -0.4 is 14.8 Å². The van der Waals surface area contributed by atoms with Gasteiger partial charge in [0.1, 0.15) is 0 Å². The molecule has 0 aliphatic carbocycles. The molecule has 0 bridgehead atoms. The topological polar surface area (TPSA) is 50.7 Å². The van der Waals surface area contributed by atoms with E-state index in [2.05, 4.69) is 12.2 Å². The van der Waals surface area contributed by atoms with Crippen molar-refractivity contribution in [2.24, 2.45) is 0 Å². The third kappa shape index (κ3) is 4.63. The molecule has 2 N–H and O–H groups in total. The summed E-state index contributed by atoms with van der Waals surface area (Å²) in [5, 5.41) is 14.4. The van der Waals surface area contributed by atoms with Crippen molar-refractivity contribution in [3.63, 3.8) is 0 Å². The fraction of sp³-hybridized carbons (Fsp3) is 0.368. The predicted molar refractivity (Wildman–Crippen MR) is 97.0 cm³/mol. The molecule has 2 rings (SSSR count). The maximum absolute atomic E-state index is 10.4. The molecular weight excluding hydrogens is 326 g/mol. The lowest BCUT2D eigenvalue weighted by Crippen LogP contribution is -2.26. The highest BCUT2D eigenvalue weighted by molar-refractivity contribution is 6.30. The Bertz CT molecular complexity index is 663. The lowest BCUT2D eigenvalue weighted by molar-refractivity contribution is 0.169. The van der Waals surface area contributed by atoms with E-state index in [1.807, 2.05) is 30.3 Å². The van der Waals surface area contributed by atoms with Gasteiger partial charge < -0.3 is 19.9 Å². The van der Waals surface area contributed by atoms with E-state index in [-0.39, 0.29) is 6.04 Å². The molecule has 130 valence electrons. The molecule has 0 aromatic heterocycles. The Labute approximate surface area is 148 Å². The van der Waals surface area contributed by atoms with Crippen LogP contribution in [0.5, 0.6) is 11.5 Å². The SMILES string of the molecule is CCC(NCC(O)c1cccc(Cl)c1)c1ccc(OC)c(OC)c1. The van der Waals surface area contributed by atoms with Crippen LogP contribution >= 0.6 is 11.6 Å². The highest BCUT2D eigenvalue weighted by Crippen LogP contribution is 2.31. The van der Waals surface area contributed by atoms with Crippen LogP contribution in [0.25, 0.3) is 0 Å². The number of nitrogens with one attached hydrogen (secondary N) is 1. The van der Waals surface area contributed by atoms with Gasteiger partial charge in [0.2, 0.25) is 0 Å². The van der Waals surface area contributed by atoms with Gasteiger partial charge in [0.25, 0.3) is 0 Å². The Morgan fingerprint density at radius 3 is 2.42 bits per heavy atom. The van der Waals surface area contributed by atoms with Crippen molar-refractivity contribution in [3.05, 3.63) is 58.6 Å². The minimum atomic E-state index is -0.613. The van der Waals surface area contributed by atoms with Crippen molar-refractivity contribution >= 4 is 11.6 Å². The number of ether oxygens (including phenoxy) is 2.